The topological polar surface area (TPSA) is 57.6 Å². The first-order chi connectivity index (χ1) is 15.6. The van der Waals surface area contributed by atoms with Gasteiger partial charge in [0.25, 0.3) is 5.91 Å². The fraction of sp³-hybridized carbons (Fsp3) is 0.680. The molecular formula is C25H36N4O2S. The lowest BCUT2D eigenvalue weighted by molar-refractivity contribution is -0.127. The SMILES string of the molecule is CC1CCCCC1NC(=O)C1Cn2c(cc3sccc32)C(=O)N1CCCN1CCCCC1. The van der Waals surface area contributed by atoms with E-state index in [1.807, 2.05) is 11.0 Å². The monoisotopic (exact) mass is 456 g/mol. The second-order valence-electron chi connectivity index (χ2n) is 9.96. The molecule has 0 aromatic carbocycles. The van der Waals surface area contributed by atoms with Gasteiger partial charge in [-0.15, -0.1) is 11.3 Å². The fourth-order valence-corrected chi connectivity index (χ4v) is 6.67. The number of fused-ring (bicyclic) bond motifs is 3. The Hall–Kier alpha value is -1.86. The summed E-state index contributed by atoms with van der Waals surface area (Å²) in [4.78, 5) is 31.4. The Labute approximate surface area is 194 Å². The first-order valence-corrected chi connectivity index (χ1v) is 13.4. The van der Waals surface area contributed by atoms with Gasteiger partial charge in [-0.05, 0) is 75.2 Å². The smallest absolute Gasteiger partial charge is 0.271 e. The van der Waals surface area contributed by atoms with Gasteiger partial charge < -0.3 is 19.7 Å². The van der Waals surface area contributed by atoms with Crippen molar-refractivity contribution in [3.63, 3.8) is 0 Å². The van der Waals surface area contributed by atoms with Crippen LogP contribution in [0.3, 0.4) is 0 Å². The molecule has 7 heteroatoms. The molecule has 1 saturated carbocycles. The number of rotatable bonds is 6. The molecule has 0 radical (unpaired) electrons. The Balaban J connectivity index is 1.34. The van der Waals surface area contributed by atoms with E-state index < -0.39 is 6.04 Å². The van der Waals surface area contributed by atoms with Gasteiger partial charge in [-0.25, -0.2) is 0 Å². The van der Waals surface area contributed by atoms with E-state index in [1.165, 1.54) is 38.5 Å². The molecule has 1 aliphatic carbocycles. The lowest BCUT2D eigenvalue weighted by Crippen LogP contribution is -2.57. The maximum Gasteiger partial charge on any atom is 0.271 e. The number of hydrogen-bond acceptors (Lipinski definition) is 4. The molecule has 3 unspecified atom stereocenters. The first kappa shape index (κ1) is 22.0. The van der Waals surface area contributed by atoms with Crippen molar-refractivity contribution in [1.82, 2.24) is 19.7 Å². The molecule has 174 valence electrons. The summed E-state index contributed by atoms with van der Waals surface area (Å²) in [5.41, 5.74) is 1.81. The van der Waals surface area contributed by atoms with Gasteiger partial charge >= 0.3 is 0 Å². The summed E-state index contributed by atoms with van der Waals surface area (Å²) in [5, 5.41) is 5.40. The van der Waals surface area contributed by atoms with Crippen LogP contribution in [0.15, 0.2) is 17.5 Å². The van der Waals surface area contributed by atoms with Crippen molar-refractivity contribution in [2.75, 3.05) is 26.2 Å². The summed E-state index contributed by atoms with van der Waals surface area (Å²) in [6, 6.07) is 3.88. The Morgan fingerprint density at radius 2 is 1.94 bits per heavy atom. The number of nitrogens with one attached hydrogen (secondary N) is 1. The van der Waals surface area contributed by atoms with Crippen molar-refractivity contribution in [2.24, 2.45) is 5.92 Å². The summed E-state index contributed by atoms with van der Waals surface area (Å²) in [5.74, 6) is 0.540. The van der Waals surface area contributed by atoms with Crippen LogP contribution in [0.5, 0.6) is 0 Å². The van der Waals surface area contributed by atoms with Crippen molar-refractivity contribution in [3.8, 4) is 0 Å². The molecule has 2 fully saturated rings. The van der Waals surface area contributed by atoms with Crippen molar-refractivity contribution >= 4 is 33.4 Å². The molecule has 3 atom stereocenters. The number of likely N-dealkylation sites (tertiary alicyclic amines) is 1. The summed E-state index contributed by atoms with van der Waals surface area (Å²) in [6.07, 6.45) is 9.45. The van der Waals surface area contributed by atoms with E-state index in [0.717, 1.165) is 48.4 Å². The summed E-state index contributed by atoms with van der Waals surface area (Å²) in [7, 11) is 0. The molecule has 4 heterocycles. The molecule has 32 heavy (non-hydrogen) atoms. The normalized spacial score (nSPS) is 27.0. The van der Waals surface area contributed by atoms with Crippen molar-refractivity contribution in [3.05, 3.63) is 23.2 Å². The maximum atomic E-state index is 13.6. The number of nitrogens with zero attached hydrogens (tertiary/aromatic N) is 3. The fourth-order valence-electron chi connectivity index (χ4n) is 5.85. The van der Waals surface area contributed by atoms with Crippen molar-refractivity contribution in [2.45, 2.75) is 76.9 Å². The summed E-state index contributed by atoms with van der Waals surface area (Å²) >= 11 is 1.66. The van der Waals surface area contributed by atoms with Gasteiger partial charge in [-0.1, -0.05) is 26.2 Å². The molecule has 2 aliphatic heterocycles. The highest BCUT2D eigenvalue weighted by atomic mass is 32.1. The van der Waals surface area contributed by atoms with Gasteiger partial charge in [0.15, 0.2) is 0 Å². The number of carbonyl (C=O) groups excluding carboxylic acids is 2. The average Bonchev–Trinajstić information content (AvgIpc) is 3.39. The van der Waals surface area contributed by atoms with Gasteiger partial charge in [0, 0.05) is 12.6 Å². The lowest BCUT2D eigenvalue weighted by atomic mass is 9.86. The molecule has 5 rings (SSSR count). The highest BCUT2D eigenvalue weighted by molar-refractivity contribution is 7.17. The number of piperidine rings is 1. The Morgan fingerprint density at radius 3 is 2.75 bits per heavy atom. The number of carbonyl (C=O) groups is 2. The van der Waals surface area contributed by atoms with Crippen molar-refractivity contribution < 1.29 is 9.59 Å². The van der Waals surface area contributed by atoms with Gasteiger partial charge in [0.05, 0.1) is 16.8 Å². The molecule has 2 amide bonds. The van der Waals surface area contributed by atoms with Crippen LogP contribution < -0.4 is 5.32 Å². The predicted octanol–water partition coefficient (Wildman–Crippen LogP) is 4.10. The van der Waals surface area contributed by atoms with Crippen molar-refractivity contribution in [1.29, 1.82) is 0 Å². The second kappa shape index (κ2) is 9.56. The molecule has 2 aromatic rings. The number of hydrogen-bond donors (Lipinski definition) is 1. The maximum absolute atomic E-state index is 13.6. The minimum atomic E-state index is -0.430. The van der Waals surface area contributed by atoms with E-state index in [4.69, 9.17) is 0 Å². The van der Waals surface area contributed by atoms with E-state index in [-0.39, 0.29) is 17.9 Å². The minimum absolute atomic E-state index is 0.00939. The van der Waals surface area contributed by atoms with Crippen LogP contribution in [0.1, 0.15) is 68.8 Å². The third-order valence-electron chi connectivity index (χ3n) is 7.80. The van der Waals surface area contributed by atoms with E-state index in [2.05, 4.69) is 33.2 Å². The van der Waals surface area contributed by atoms with Crippen LogP contribution in [0, 0.1) is 5.92 Å². The molecule has 2 aromatic heterocycles. The first-order valence-electron chi connectivity index (χ1n) is 12.5. The molecule has 0 spiro atoms. The molecule has 1 N–H and O–H groups in total. The zero-order valence-electron chi connectivity index (χ0n) is 19.2. The molecule has 1 saturated heterocycles. The van der Waals surface area contributed by atoms with Crippen LogP contribution in [0.25, 0.3) is 10.2 Å². The Bertz CT molecular complexity index is 960. The quantitative estimate of drug-likeness (QED) is 0.712. The van der Waals surface area contributed by atoms with E-state index in [1.54, 1.807) is 11.3 Å². The van der Waals surface area contributed by atoms with E-state index in [0.29, 0.717) is 19.0 Å². The number of thiophene rings is 1. The summed E-state index contributed by atoms with van der Waals surface area (Å²) < 4.78 is 3.20. The Kier molecular flexibility index (Phi) is 6.56. The van der Waals surface area contributed by atoms with Gasteiger partial charge in [0.1, 0.15) is 11.7 Å². The number of aromatic nitrogens is 1. The average molecular weight is 457 g/mol. The highest BCUT2D eigenvalue weighted by Crippen LogP contribution is 2.31. The predicted molar refractivity (Wildman–Crippen MR) is 129 cm³/mol. The second-order valence-corrected chi connectivity index (χ2v) is 10.9. The van der Waals surface area contributed by atoms with Gasteiger partial charge in [-0.2, -0.15) is 0 Å². The van der Waals surface area contributed by atoms with Crippen LogP contribution in [0.4, 0.5) is 0 Å². The number of amides is 2. The zero-order chi connectivity index (χ0) is 22.1. The molecule has 6 nitrogen and oxygen atoms in total. The van der Waals surface area contributed by atoms with Crippen LogP contribution in [-0.4, -0.2) is 64.4 Å². The third kappa shape index (κ3) is 4.34. The molecular weight excluding hydrogens is 420 g/mol. The standard InChI is InChI=1S/C25H36N4O2S/c1-18-8-3-4-9-19(18)26-24(30)22-17-29-20-10-15-32-23(20)16-21(29)25(31)28(22)14-7-13-27-11-5-2-6-12-27/h10,15-16,18-19,22H,2-9,11-14,17H2,1H3,(H,26,30). The largest absolute Gasteiger partial charge is 0.351 e. The molecule has 0 bridgehead atoms. The van der Waals surface area contributed by atoms with E-state index in [9.17, 15) is 9.59 Å². The third-order valence-corrected chi connectivity index (χ3v) is 8.65. The van der Waals surface area contributed by atoms with Crippen LogP contribution in [-0.2, 0) is 11.3 Å². The van der Waals surface area contributed by atoms with E-state index >= 15 is 0 Å². The zero-order valence-corrected chi connectivity index (χ0v) is 20.0. The van der Waals surface area contributed by atoms with Gasteiger partial charge in [0.2, 0.25) is 5.91 Å². The van der Waals surface area contributed by atoms with Crippen LogP contribution in [0.2, 0.25) is 0 Å². The summed E-state index contributed by atoms with van der Waals surface area (Å²) in [6.45, 7) is 6.77. The van der Waals surface area contributed by atoms with Gasteiger partial charge in [-0.3, -0.25) is 9.59 Å². The van der Waals surface area contributed by atoms with Crippen LogP contribution >= 0.6 is 11.3 Å². The highest BCUT2D eigenvalue weighted by Gasteiger charge is 2.39. The Morgan fingerprint density at radius 1 is 1.12 bits per heavy atom. The molecule has 3 aliphatic rings. The minimum Gasteiger partial charge on any atom is -0.351 e. The lowest BCUT2D eigenvalue weighted by Gasteiger charge is -2.38.